The third-order valence-electron chi connectivity index (χ3n) is 5.76. The van der Waals surface area contributed by atoms with Crippen LogP contribution in [-0.2, 0) is 20.9 Å². The summed E-state index contributed by atoms with van der Waals surface area (Å²) >= 11 is 0. The van der Waals surface area contributed by atoms with Crippen molar-refractivity contribution in [3.05, 3.63) is 58.1 Å². The molecule has 182 valence electrons. The lowest BCUT2D eigenvalue weighted by atomic mass is 9.79. The van der Waals surface area contributed by atoms with Gasteiger partial charge in [-0.2, -0.15) is 0 Å². The second-order valence-electron chi connectivity index (χ2n) is 11.4. The van der Waals surface area contributed by atoms with Crippen LogP contribution in [0.3, 0.4) is 0 Å². The van der Waals surface area contributed by atoms with Crippen molar-refractivity contribution >= 4 is 16.1 Å². The molecule has 33 heavy (non-hydrogen) atoms. The van der Waals surface area contributed by atoms with Crippen LogP contribution in [0.15, 0.2) is 35.2 Å². The molecule has 0 unspecified atom stereocenters. The molecule has 0 aliphatic rings. The standard InChI is InChI=1S/C27H38O5S/c1-16(2)21-15-24(33(29,30)31)22(17(3)4)14-23(21)32-25(28)18-11-19(26(5,6)7)13-20(12-18)27(8,9)10/h11-17H,1-10H3,(H,29,30,31)/p-1. The van der Waals surface area contributed by atoms with Crippen molar-refractivity contribution < 1.29 is 22.5 Å². The Kier molecular flexibility index (Phi) is 7.57. The third kappa shape index (κ3) is 6.45. The molecule has 2 aromatic rings. The quantitative estimate of drug-likeness (QED) is 0.276. The van der Waals surface area contributed by atoms with Gasteiger partial charge in [-0.25, -0.2) is 13.2 Å². The van der Waals surface area contributed by atoms with Crippen LogP contribution in [0.4, 0.5) is 0 Å². The van der Waals surface area contributed by atoms with E-state index >= 15 is 0 Å². The molecule has 5 nitrogen and oxygen atoms in total. The van der Waals surface area contributed by atoms with Crippen molar-refractivity contribution in [2.75, 3.05) is 0 Å². The van der Waals surface area contributed by atoms with Crippen LogP contribution in [0.5, 0.6) is 5.75 Å². The summed E-state index contributed by atoms with van der Waals surface area (Å²) in [5, 5.41) is 0. The fourth-order valence-electron chi connectivity index (χ4n) is 3.57. The zero-order valence-electron chi connectivity index (χ0n) is 21.5. The summed E-state index contributed by atoms with van der Waals surface area (Å²) in [6, 6.07) is 8.72. The smallest absolute Gasteiger partial charge is 0.343 e. The van der Waals surface area contributed by atoms with E-state index < -0.39 is 16.1 Å². The van der Waals surface area contributed by atoms with Crippen molar-refractivity contribution in [1.82, 2.24) is 0 Å². The van der Waals surface area contributed by atoms with E-state index in [9.17, 15) is 17.8 Å². The highest BCUT2D eigenvalue weighted by atomic mass is 32.2. The molecular formula is C27H37O5S-. The van der Waals surface area contributed by atoms with Crippen molar-refractivity contribution in [3.8, 4) is 5.75 Å². The van der Waals surface area contributed by atoms with Gasteiger partial charge in [-0.3, -0.25) is 0 Å². The highest BCUT2D eigenvalue weighted by Crippen LogP contribution is 2.36. The van der Waals surface area contributed by atoms with Crippen molar-refractivity contribution in [3.63, 3.8) is 0 Å². The Morgan fingerprint density at radius 1 is 0.788 bits per heavy atom. The molecule has 2 rings (SSSR count). The number of benzene rings is 2. The lowest BCUT2D eigenvalue weighted by Gasteiger charge is -2.26. The minimum atomic E-state index is -4.67. The van der Waals surface area contributed by atoms with Crippen LogP contribution >= 0.6 is 0 Å². The lowest BCUT2D eigenvalue weighted by molar-refractivity contribution is 0.0732. The maximum absolute atomic E-state index is 13.3. The number of hydrogen-bond donors (Lipinski definition) is 0. The molecule has 0 spiro atoms. The molecule has 6 heteroatoms. The average molecular weight is 474 g/mol. The fraction of sp³-hybridized carbons (Fsp3) is 0.519. The van der Waals surface area contributed by atoms with E-state index in [0.717, 1.165) is 11.1 Å². The number of rotatable bonds is 5. The van der Waals surface area contributed by atoms with Gasteiger partial charge >= 0.3 is 5.97 Å². The summed E-state index contributed by atoms with van der Waals surface area (Å²) in [6.45, 7) is 19.9. The van der Waals surface area contributed by atoms with Crippen LogP contribution in [0.1, 0.15) is 114 Å². The minimum absolute atomic E-state index is 0.152. The number of carbonyl (C=O) groups excluding carboxylic acids is 1. The van der Waals surface area contributed by atoms with Gasteiger partial charge < -0.3 is 9.29 Å². The molecule has 2 aromatic carbocycles. The molecule has 0 radical (unpaired) electrons. The summed E-state index contributed by atoms with van der Waals surface area (Å²) in [5.41, 5.74) is 3.03. The first-order chi connectivity index (χ1) is 14.8. The van der Waals surface area contributed by atoms with Crippen molar-refractivity contribution in [1.29, 1.82) is 0 Å². The molecule has 0 N–H and O–H groups in total. The first-order valence-corrected chi connectivity index (χ1v) is 12.7. The molecule has 0 aliphatic carbocycles. The summed E-state index contributed by atoms with van der Waals surface area (Å²) in [4.78, 5) is 13.0. The predicted molar refractivity (Wildman–Crippen MR) is 131 cm³/mol. The van der Waals surface area contributed by atoms with Gasteiger partial charge in [0.25, 0.3) is 0 Å². The minimum Gasteiger partial charge on any atom is -0.744 e. The number of hydrogen-bond acceptors (Lipinski definition) is 5. The van der Waals surface area contributed by atoms with Gasteiger partial charge in [0.15, 0.2) is 0 Å². The Morgan fingerprint density at radius 2 is 1.24 bits per heavy atom. The normalized spacial score (nSPS) is 13.0. The molecule has 0 bridgehead atoms. The van der Waals surface area contributed by atoms with Gasteiger partial charge in [0.2, 0.25) is 0 Å². The number of ether oxygens (including phenoxy) is 1. The highest BCUT2D eigenvalue weighted by Gasteiger charge is 2.25. The monoisotopic (exact) mass is 473 g/mol. The lowest BCUT2D eigenvalue weighted by Crippen LogP contribution is -2.19. The Labute approximate surface area is 199 Å². The maximum Gasteiger partial charge on any atom is 0.343 e. The average Bonchev–Trinajstić information content (AvgIpc) is 2.64. The van der Waals surface area contributed by atoms with Gasteiger partial charge in [0, 0.05) is 0 Å². The van der Waals surface area contributed by atoms with Crippen molar-refractivity contribution in [2.24, 2.45) is 0 Å². The van der Waals surface area contributed by atoms with Gasteiger partial charge in [-0.1, -0.05) is 75.3 Å². The predicted octanol–water partition coefficient (Wildman–Crippen LogP) is 6.65. The van der Waals surface area contributed by atoms with E-state index in [1.807, 2.05) is 26.0 Å². The largest absolute Gasteiger partial charge is 0.744 e. The number of carbonyl (C=O) groups is 1. The van der Waals surface area contributed by atoms with Gasteiger partial charge in [-0.15, -0.1) is 0 Å². The molecule has 0 saturated heterocycles. The van der Waals surface area contributed by atoms with E-state index in [0.29, 0.717) is 16.7 Å². The zero-order chi connectivity index (χ0) is 25.5. The molecule has 0 aliphatic heterocycles. The molecule has 0 atom stereocenters. The summed E-state index contributed by atoms with van der Waals surface area (Å²) in [7, 11) is -4.67. The van der Waals surface area contributed by atoms with Gasteiger partial charge in [0.1, 0.15) is 15.9 Å². The first kappa shape index (κ1) is 27.1. The van der Waals surface area contributed by atoms with Crippen LogP contribution < -0.4 is 4.74 Å². The second-order valence-corrected chi connectivity index (χ2v) is 12.7. The molecular weight excluding hydrogens is 436 g/mol. The molecule has 0 fully saturated rings. The van der Waals surface area contributed by atoms with Gasteiger partial charge in [0.05, 0.1) is 10.5 Å². The Bertz CT molecular complexity index is 1110. The van der Waals surface area contributed by atoms with Crippen LogP contribution in [-0.4, -0.2) is 18.9 Å². The maximum atomic E-state index is 13.3. The fourth-order valence-corrected chi connectivity index (χ4v) is 4.42. The number of esters is 1. The van der Waals surface area contributed by atoms with E-state index in [1.54, 1.807) is 13.8 Å². The van der Waals surface area contributed by atoms with Crippen molar-refractivity contribution in [2.45, 2.75) is 96.8 Å². The highest BCUT2D eigenvalue weighted by molar-refractivity contribution is 7.85. The molecule has 0 amide bonds. The van der Waals surface area contributed by atoms with Gasteiger partial charge in [-0.05, 0) is 69.2 Å². The first-order valence-electron chi connectivity index (χ1n) is 11.3. The molecule has 0 heterocycles. The van der Waals surface area contributed by atoms with E-state index in [2.05, 4.69) is 47.6 Å². The third-order valence-corrected chi connectivity index (χ3v) is 6.65. The van der Waals surface area contributed by atoms with E-state index in [1.165, 1.54) is 12.1 Å². The van der Waals surface area contributed by atoms with Crippen LogP contribution in [0, 0.1) is 0 Å². The zero-order valence-corrected chi connectivity index (χ0v) is 22.3. The second kappa shape index (κ2) is 9.22. The van der Waals surface area contributed by atoms with Crippen LogP contribution in [0.25, 0.3) is 0 Å². The molecule has 0 saturated carbocycles. The topological polar surface area (TPSA) is 83.5 Å². The summed E-state index contributed by atoms with van der Waals surface area (Å²) < 4.78 is 41.5. The summed E-state index contributed by atoms with van der Waals surface area (Å²) in [5.74, 6) is -0.620. The Hall–Kier alpha value is -2.18. The summed E-state index contributed by atoms with van der Waals surface area (Å²) in [6.07, 6.45) is 0. The Morgan fingerprint density at radius 3 is 1.61 bits per heavy atom. The Balaban J connectivity index is 2.66. The molecule has 0 aromatic heterocycles. The SMILES string of the molecule is CC(C)c1cc(S(=O)(=O)[O-])c(C(C)C)cc1OC(=O)c1cc(C(C)(C)C)cc(C(C)(C)C)c1. The van der Waals surface area contributed by atoms with E-state index in [-0.39, 0.29) is 33.3 Å². The van der Waals surface area contributed by atoms with Crippen LogP contribution in [0.2, 0.25) is 0 Å². The van der Waals surface area contributed by atoms with E-state index in [4.69, 9.17) is 4.74 Å².